The number of rotatable bonds is 7. The Morgan fingerprint density at radius 3 is 2.90 bits per heavy atom. The van der Waals surface area contributed by atoms with Crippen molar-refractivity contribution in [3.63, 3.8) is 0 Å². The highest BCUT2D eigenvalue weighted by Gasteiger charge is 2.48. The molecule has 168 valence electrons. The summed E-state index contributed by atoms with van der Waals surface area (Å²) >= 11 is 0. The van der Waals surface area contributed by atoms with Gasteiger partial charge in [-0.25, -0.2) is 9.78 Å². The third-order valence-electron chi connectivity index (χ3n) is 5.15. The highest BCUT2D eigenvalue weighted by Crippen LogP contribution is 2.27. The van der Waals surface area contributed by atoms with E-state index in [0.717, 1.165) is 4.57 Å². The number of aryl methyl sites for hydroxylation is 1. The molecule has 1 N–H and O–H groups in total. The zero-order chi connectivity index (χ0) is 22.3. The van der Waals surface area contributed by atoms with Crippen LogP contribution in [0.25, 0.3) is 11.2 Å². The third kappa shape index (κ3) is 3.77. The first-order chi connectivity index (χ1) is 14.8. The van der Waals surface area contributed by atoms with Gasteiger partial charge in [0.05, 0.1) is 26.1 Å². The second-order valence-electron chi connectivity index (χ2n) is 7.20. The lowest BCUT2D eigenvalue weighted by atomic mass is 10.1. The van der Waals surface area contributed by atoms with Crippen LogP contribution in [0.3, 0.4) is 0 Å². The Morgan fingerprint density at radius 2 is 2.16 bits per heavy atom. The number of ether oxygens (including phenoxy) is 2. The van der Waals surface area contributed by atoms with Crippen molar-refractivity contribution in [2.75, 3.05) is 19.8 Å². The van der Waals surface area contributed by atoms with Crippen molar-refractivity contribution in [2.45, 2.75) is 31.0 Å². The van der Waals surface area contributed by atoms with Crippen LogP contribution in [0.15, 0.2) is 21.1 Å². The van der Waals surface area contributed by atoms with Gasteiger partial charge in [0.15, 0.2) is 17.3 Å². The van der Waals surface area contributed by atoms with Crippen molar-refractivity contribution in [3.8, 4) is 0 Å². The summed E-state index contributed by atoms with van der Waals surface area (Å²) in [5.41, 5.74) is -0.246. The van der Waals surface area contributed by atoms with E-state index < -0.39 is 40.8 Å². The molecule has 2 fully saturated rings. The van der Waals surface area contributed by atoms with Crippen LogP contribution >= 0.6 is 0 Å². The zero-order valence-electron chi connectivity index (χ0n) is 16.6. The van der Waals surface area contributed by atoms with E-state index in [2.05, 4.69) is 15.0 Å². The topological polar surface area (TPSA) is 174 Å². The Bertz CT molecular complexity index is 1150. The average Bonchev–Trinajstić information content (AvgIpc) is 3.42. The molecule has 0 aromatic carbocycles. The number of aromatic nitrogens is 4. The lowest BCUT2D eigenvalue weighted by Crippen LogP contribution is -2.38. The van der Waals surface area contributed by atoms with Crippen LogP contribution in [-0.2, 0) is 39.8 Å². The fourth-order valence-corrected chi connectivity index (χ4v) is 3.63. The Morgan fingerprint density at radius 1 is 1.39 bits per heavy atom. The Balaban J connectivity index is 1.39. The maximum absolute atomic E-state index is 12.4. The van der Waals surface area contributed by atoms with E-state index in [9.17, 15) is 24.8 Å². The lowest BCUT2D eigenvalue weighted by molar-refractivity contribution is -0.769. The van der Waals surface area contributed by atoms with Gasteiger partial charge in [-0.05, 0) is 0 Å². The quantitative estimate of drug-likeness (QED) is 0.359. The molecule has 15 heteroatoms. The van der Waals surface area contributed by atoms with Gasteiger partial charge < -0.3 is 28.8 Å². The molecule has 31 heavy (non-hydrogen) atoms. The number of fused-ring (bicyclic) bond motifs is 2. The SMILES string of the molecule is Cn1c(=O)c2c(ncn2CC(O)CON=C2COC3C(O[N+](=O)[O-])COC23)n(C)c1=O. The minimum absolute atomic E-state index is 0.0108. The van der Waals surface area contributed by atoms with E-state index in [1.165, 1.54) is 29.6 Å². The molecule has 15 nitrogen and oxygen atoms in total. The molecule has 0 radical (unpaired) electrons. The highest BCUT2D eigenvalue weighted by atomic mass is 17.0. The lowest BCUT2D eigenvalue weighted by Gasteiger charge is -2.12. The molecule has 0 aliphatic carbocycles. The number of aliphatic hydroxyl groups is 1. The first kappa shape index (κ1) is 21.0. The number of hydrogen-bond acceptors (Lipinski definition) is 11. The van der Waals surface area contributed by atoms with E-state index in [-0.39, 0.29) is 37.5 Å². The summed E-state index contributed by atoms with van der Waals surface area (Å²) in [6.07, 6.45) is -1.80. The molecular formula is C16H20N6O9. The molecule has 4 heterocycles. The van der Waals surface area contributed by atoms with Crippen LogP contribution in [0.2, 0.25) is 0 Å². The van der Waals surface area contributed by atoms with Crippen molar-refractivity contribution < 1.29 is 29.3 Å². The zero-order valence-corrected chi connectivity index (χ0v) is 16.6. The molecule has 2 aliphatic heterocycles. The molecule has 2 aromatic heterocycles. The van der Waals surface area contributed by atoms with Crippen molar-refractivity contribution in [1.82, 2.24) is 18.7 Å². The van der Waals surface area contributed by atoms with Crippen molar-refractivity contribution in [3.05, 3.63) is 37.3 Å². The van der Waals surface area contributed by atoms with Gasteiger partial charge in [0.1, 0.15) is 30.6 Å². The fraction of sp³-hybridized carbons (Fsp3) is 0.625. The monoisotopic (exact) mass is 440 g/mol. The molecular weight excluding hydrogens is 420 g/mol. The van der Waals surface area contributed by atoms with Gasteiger partial charge in [0.2, 0.25) is 0 Å². The highest BCUT2D eigenvalue weighted by molar-refractivity contribution is 5.92. The first-order valence-electron chi connectivity index (χ1n) is 9.30. The van der Waals surface area contributed by atoms with Crippen LogP contribution in [-0.4, -0.2) is 78.8 Å². The standard InChI is InChI=1S/C16H20N6O9/c1-19-14-11(15(24)20(2)16(19)25)21(7-17-14)3-8(23)4-30-18-9-5-28-13-10(31-22(26)27)6-29-12(9)13/h7-8,10,12-13,23H,3-6H2,1-2H3. The van der Waals surface area contributed by atoms with Gasteiger partial charge in [0, 0.05) is 14.1 Å². The summed E-state index contributed by atoms with van der Waals surface area (Å²) in [4.78, 5) is 48.7. The fourth-order valence-electron chi connectivity index (χ4n) is 3.63. The van der Waals surface area contributed by atoms with Gasteiger partial charge in [-0.3, -0.25) is 13.9 Å². The van der Waals surface area contributed by atoms with Crippen LogP contribution in [0, 0.1) is 10.1 Å². The summed E-state index contributed by atoms with van der Waals surface area (Å²) in [7, 11) is 2.86. The summed E-state index contributed by atoms with van der Waals surface area (Å²) in [5, 5.41) is 23.8. The maximum atomic E-state index is 12.4. The van der Waals surface area contributed by atoms with E-state index in [1.54, 1.807) is 0 Å². The molecule has 4 atom stereocenters. The maximum Gasteiger partial charge on any atom is 0.332 e. The average molecular weight is 440 g/mol. The minimum Gasteiger partial charge on any atom is -0.393 e. The van der Waals surface area contributed by atoms with E-state index in [0.29, 0.717) is 5.71 Å². The van der Waals surface area contributed by atoms with Gasteiger partial charge in [-0.15, -0.1) is 10.1 Å². The van der Waals surface area contributed by atoms with E-state index >= 15 is 0 Å². The molecule has 0 saturated carbocycles. The molecule has 0 bridgehead atoms. The molecule has 2 saturated heterocycles. The second-order valence-corrected chi connectivity index (χ2v) is 7.20. The van der Waals surface area contributed by atoms with Crippen molar-refractivity contribution in [2.24, 2.45) is 19.3 Å². The normalized spacial score (nSPS) is 25.1. The molecule has 0 spiro atoms. The van der Waals surface area contributed by atoms with E-state index in [4.69, 9.17) is 14.3 Å². The minimum atomic E-state index is -1.04. The van der Waals surface area contributed by atoms with Crippen LogP contribution in [0.1, 0.15) is 0 Å². The summed E-state index contributed by atoms with van der Waals surface area (Å²) < 4.78 is 14.5. The molecule has 2 aliphatic rings. The van der Waals surface area contributed by atoms with Crippen LogP contribution < -0.4 is 11.2 Å². The predicted octanol–water partition coefficient (Wildman–Crippen LogP) is -2.46. The Hall–Kier alpha value is -3.30. The number of hydrogen-bond donors (Lipinski definition) is 1. The van der Waals surface area contributed by atoms with Gasteiger partial charge in [-0.1, -0.05) is 5.16 Å². The van der Waals surface area contributed by atoms with Crippen LogP contribution in [0.4, 0.5) is 0 Å². The first-order valence-corrected chi connectivity index (χ1v) is 9.30. The smallest absolute Gasteiger partial charge is 0.332 e. The summed E-state index contributed by atoms with van der Waals surface area (Å²) in [6.45, 7) is -0.184. The predicted molar refractivity (Wildman–Crippen MR) is 101 cm³/mol. The van der Waals surface area contributed by atoms with E-state index in [1.807, 2.05) is 0 Å². The van der Waals surface area contributed by atoms with Crippen molar-refractivity contribution in [1.29, 1.82) is 0 Å². The van der Waals surface area contributed by atoms with Crippen molar-refractivity contribution >= 4 is 16.9 Å². The third-order valence-corrected chi connectivity index (χ3v) is 5.15. The molecule has 2 aromatic rings. The second kappa shape index (κ2) is 8.09. The molecule has 4 unspecified atom stereocenters. The molecule has 0 amide bonds. The summed E-state index contributed by atoms with van der Waals surface area (Å²) in [6, 6.07) is 0. The molecule has 4 rings (SSSR count). The van der Waals surface area contributed by atoms with Gasteiger partial charge in [-0.2, -0.15) is 0 Å². The van der Waals surface area contributed by atoms with Gasteiger partial charge in [0.25, 0.3) is 10.6 Å². The Labute approximate surface area is 173 Å². The summed E-state index contributed by atoms with van der Waals surface area (Å²) in [5.74, 6) is 0. The van der Waals surface area contributed by atoms with Crippen LogP contribution in [0.5, 0.6) is 0 Å². The number of oxime groups is 1. The Kier molecular flexibility index (Phi) is 5.47. The largest absolute Gasteiger partial charge is 0.393 e. The van der Waals surface area contributed by atoms with Gasteiger partial charge >= 0.3 is 5.69 Å². The number of aliphatic hydroxyl groups excluding tert-OH is 1. The number of imidazole rings is 1. The number of nitrogens with zero attached hydrogens (tertiary/aromatic N) is 6.